The molecule has 3 aromatic carbocycles. The highest BCUT2D eigenvalue weighted by atomic mass is 32.1. The normalized spacial score (nSPS) is 12.3. The van der Waals surface area contributed by atoms with Gasteiger partial charge in [-0.2, -0.15) is 0 Å². The van der Waals surface area contributed by atoms with Gasteiger partial charge >= 0.3 is 6.36 Å². The number of fused-ring (bicyclic) bond motifs is 1. The van der Waals surface area contributed by atoms with Gasteiger partial charge in [0.05, 0.1) is 35.2 Å². The van der Waals surface area contributed by atoms with Crippen molar-refractivity contribution < 1.29 is 27.5 Å². The molecule has 1 amide bonds. The van der Waals surface area contributed by atoms with Gasteiger partial charge in [-0.25, -0.2) is 4.98 Å². The van der Waals surface area contributed by atoms with Crippen molar-refractivity contribution in [1.82, 2.24) is 20.3 Å². The zero-order valence-electron chi connectivity index (χ0n) is 22.4. The van der Waals surface area contributed by atoms with Gasteiger partial charge in [-0.3, -0.25) is 14.6 Å². The van der Waals surface area contributed by atoms with Crippen molar-refractivity contribution in [2.75, 3.05) is 0 Å². The summed E-state index contributed by atoms with van der Waals surface area (Å²) in [7, 11) is 0. The number of benzene rings is 3. The zero-order valence-corrected chi connectivity index (χ0v) is 23.2. The molecule has 2 aromatic heterocycles. The number of carbonyl (C=O) groups is 2. The van der Waals surface area contributed by atoms with Gasteiger partial charge in [-0.1, -0.05) is 61.4 Å². The van der Waals surface area contributed by atoms with E-state index in [1.165, 1.54) is 35.7 Å². The second kappa shape index (κ2) is 13.0. The number of thiazole rings is 1. The van der Waals surface area contributed by atoms with Crippen LogP contribution < -0.4 is 10.1 Å². The number of imidazole rings is 1. The third-order valence-electron chi connectivity index (χ3n) is 6.76. The van der Waals surface area contributed by atoms with Gasteiger partial charge in [0.15, 0.2) is 5.78 Å². The number of hydrogen-bond donors (Lipinski definition) is 2. The minimum atomic E-state index is -4.88. The monoisotopic (exact) mass is 592 g/mol. The zero-order chi connectivity index (χ0) is 29.5. The summed E-state index contributed by atoms with van der Waals surface area (Å²) in [6.07, 6.45) is 0.716. The molecule has 0 aliphatic carbocycles. The van der Waals surface area contributed by atoms with E-state index in [4.69, 9.17) is 0 Å². The summed E-state index contributed by atoms with van der Waals surface area (Å²) in [5.41, 5.74) is 3.27. The fraction of sp³-hybridized carbons (Fsp3) is 0.226. The van der Waals surface area contributed by atoms with Crippen LogP contribution in [0, 0.1) is 0 Å². The Bertz CT molecular complexity index is 1670. The molecule has 2 heterocycles. The number of nitrogens with zero attached hydrogens (tertiary/aromatic N) is 2. The molecule has 42 heavy (non-hydrogen) atoms. The Morgan fingerprint density at radius 1 is 0.952 bits per heavy atom. The van der Waals surface area contributed by atoms with Crippen molar-refractivity contribution in [3.05, 3.63) is 101 Å². The molecule has 1 atom stereocenters. The first-order chi connectivity index (χ1) is 20.3. The van der Waals surface area contributed by atoms with Crippen LogP contribution in [0.15, 0.2) is 84.6 Å². The van der Waals surface area contributed by atoms with Crippen LogP contribution >= 0.6 is 11.3 Å². The van der Waals surface area contributed by atoms with Gasteiger partial charge < -0.3 is 15.0 Å². The molecule has 0 aliphatic heterocycles. The average molecular weight is 593 g/mol. The highest BCUT2D eigenvalue weighted by molar-refractivity contribution is 7.11. The van der Waals surface area contributed by atoms with Crippen LogP contribution in [-0.2, 0) is 0 Å². The molecule has 0 spiro atoms. The van der Waals surface area contributed by atoms with E-state index in [0.717, 1.165) is 28.1 Å². The second-order valence-corrected chi connectivity index (χ2v) is 10.6. The lowest BCUT2D eigenvalue weighted by Crippen LogP contribution is -2.28. The molecule has 0 bridgehead atoms. The predicted molar refractivity (Wildman–Crippen MR) is 154 cm³/mol. The van der Waals surface area contributed by atoms with E-state index in [2.05, 4.69) is 31.1 Å². The molecule has 0 fully saturated rings. The first-order valence-electron chi connectivity index (χ1n) is 13.4. The van der Waals surface area contributed by atoms with Crippen LogP contribution in [-0.4, -0.2) is 33.0 Å². The number of amides is 1. The summed E-state index contributed by atoms with van der Waals surface area (Å²) < 4.78 is 42.2. The molecule has 7 nitrogen and oxygen atoms in total. The van der Waals surface area contributed by atoms with Gasteiger partial charge in [0.2, 0.25) is 0 Å². The fourth-order valence-corrected chi connectivity index (χ4v) is 5.23. The van der Waals surface area contributed by atoms with Gasteiger partial charge in [0, 0.05) is 12.0 Å². The van der Waals surface area contributed by atoms with E-state index >= 15 is 0 Å². The molecule has 216 valence electrons. The number of unbranched alkanes of at least 4 members (excludes halogenated alkanes) is 2. The predicted octanol–water partition coefficient (Wildman–Crippen LogP) is 7.89. The smallest absolute Gasteiger partial charge is 0.405 e. The van der Waals surface area contributed by atoms with Gasteiger partial charge in [0.1, 0.15) is 16.5 Å². The lowest BCUT2D eigenvalue weighted by atomic mass is 10.0. The van der Waals surface area contributed by atoms with E-state index in [-0.39, 0.29) is 17.9 Å². The maximum Gasteiger partial charge on any atom is 0.573 e. The number of hydrogen-bond acceptors (Lipinski definition) is 6. The number of nitrogens with one attached hydrogen (secondary N) is 2. The number of H-pyrrole nitrogens is 1. The minimum Gasteiger partial charge on any atom is -0.405 e. The average Bonchev–Trinajstić information content (AvgIpc) is 3.69. The summed E-state index contributed by atoms with van der Waals surface area (Å²) in [6, 6.07) is 19.1. The minimum absolute atomic E-state index is 0.0724. The van der Waals surface area contributed by atoms with Gasteiger partial charge in [-0.15, -0.1) is 24.5 Å². The lowest BCUT2D eigenvalue weighted by Gasteiger charge is -2.16. The molecule has 0 saturated heterocycles. The maximum atomic E-state index is 12.9. The largest absolute Gasteiger partial charge is 0.573 e. The molecule has 5 aromatic rings. The van der Waals surface area contributed by atoms with Crippen LogP contribution in [0.1, 0.15) is 64.0 Å². The van der Waals surface area contributed by atoms with Crippen LogP contribution in [0.25, 0.3) is 22.0 Å². The summed E-state index contributed by atoms with van der Waals surface area (Å²) in [6.45, 7) is 0. The Labute approximate surface area is 243 Å². The number of alkyl halides is 3. The van der Waals surface area contributed by atoms with Crippen molar-refractivity contribution in [3.8, 4) is 17.0 Å². The third-order valence-corrected chi connectivity index (χ3v) is 7.53. The standard InChI is InChI=1S/C31H27F3N4O3S/c32-31(33,34)41-27-13-7-6-10-23(27)26(39)12-3-1-2-11-24(38-30(40)28-18-35-19-42-28)29-36-17-25(37-29)22-15-14-20-8-4-5-9-21(20)16-22/h4-10,13-19,24H,1-3,11-12H2,(H,36,37)(H,38,40)/t24-/m0/s1. The van der Waals surface area contributed by atoms with Gasteiger partial charge in [-0.05, 0) is 41.8 Å². The van der Waals surface area contributed by atoms with E-state index in [9.17, 15) is 22.8 Å². The van der Waals surface area contributed by atoms with E-state index in [1.54, 1.807) is 11.7 Å². The molecule has 0 saturated carbocycles. The number of Topliss-reactive ketones (excluding diaryl/α,β-unsaturated/α-hetero) is 1. The number of aromatic amines is 1. The Balaban J connectivity index is 1.23. The highest BCUT2D eigenvalue weighted by Gasteiger charge is 2.32. The third kappa shape index (κ3) is 7.41. The van der Waals surface area contributed by atoms with Crippen LogP contribution in [0.3, 0.4) is 0 Å². The topological polar surface area (TPSA) is 97.0 Å². The van der Waals surface area contributed by atoms with E-state index in [1.807, 2.05) is 36.4 Å². The Morgan fingerprint density at radius 3 is 2.52 bits per heavy atom. The Kier molecular flexibility index (Phi) is 8.97. The summed E-state index contributed by atoms with van der Waals surface area (Å²) in [4.78, 5) is 37.9. The first kappa shape index (κ1) is 29.0. The molecular weight excluding hydrogens is 565 g/mol. The van der Waals surface area contributed by atoms with Crippen LogP contribution in [0.5, 0.6) is 5.75 Å². The fourth-order valence-electron chi connectivity index (χ4n) is 4.71. The molecule has 2 N–H and O–H groups in total. The molecule has 0 unspecified atom stereocenters. The Morgan fingerprint density at radius 2 is 1.74 bits per heavy atom. The quantitative estimate of drug-likeness (QED) is 0.113. The molecule has 0 radical (unpaired) electrons. The number of aromatic nitrogens is 3. The maximum absolute atomic E-state index is 12.9. The van der Waals surface area contributed by atoms with Crippen LogP contribution in [0.4, 0.5) is 13.2 Å². The first-order valence-corrected chi connectivity index (χ1v) is 14.3. The number of halogens is 3. The van der Waals surface area contributed by atoms with Crippen molar-refractivity contribution in [3.63, 3.8) is 0 Å². The molecule has 0 aliphatic rings. The van der Waals surface area contributed by atoms with E-state index in [0.29, 0.717) is 36.4 Å². The van der Waals surface area contributed by atoms with Crippen molar-refractivity contribution >= 4 is 33.8 Å². The number of para-hydroxylation sites is 1. The number of rotatable bonds is 12. The number of ether oxygens (including phenoxy) is 1. The van der Waals surface area contributed by atoms with Crippen molar-refractivity contribution in [2.24, 2.45) is 0 Å². The lowest BCUT2D eigenvalue weighted by molar-refractivity contribution is -0.274. The SMILES string of the molecule is O=C(N[C@@H](CCCCCC(=O)c1ccccc1OC(F)(F)F)c1ncc(-c2ccc3ccccc3c2)[nH]1)c1cncs1. The summed E-state index contributed by atoms with van der Waals surface area (Å²) >= 11 is 1.24. The highest BCUT2D eigenvalue weighted by Crippen LogP contribution is 2.29. The molecule has 5 rings (SSSR count). The second-order valence-electron chi connectivity index (χ2n) is 9.70. The number of ketones is 1. The van der Waals surface area contributed by atoms with E-state index < -0.39 is 23.9 Å². The van der Waals surface area contributed by atoms with Crippen molar-refractivity contribution in [1.29, 1.82) is 0 Å². The molecule has 11 heteroatoms. The van der Waals surface area contributed by atoms with Crippen LogP contribution in [0.2, 0.25) is 0 Å². The summed E-state index contributed by atoms with van der Waals surface area (Å²) in [5, 5.41) is 5.26. The number of carbonyl (C=O) groups excluding carboxylic acids is 2. The molecular formula is C31H27F3N4O3S. The Hall–Kier alpha value is -4.51. The van der Waals surface area contributed by atoms with Gasteiger partial charge in [0.25, 0.3) is 5.91 Å². The summed E-state index contributed by atoms with van der Waals surface area (Å²) in [5.74, 6) is -0.579. The van der Waals surface area contributed by atoms with Crippen molar-refractivity contribution in [2.45, 2.75) is 44.5 Å².